The number of aromatic nitrogens is 3. The van der Waals surface area contributed by atoms with Crippen molar-refractivity contribution >= 4 is 0 Å². The summed E-state index contributed by atoms with van der Waals surface area (Å²) in [5.41, 5.74) is 3.66. The molecule has 0 aliphatic heterocycles. The van der Waals surface area contributed by atoms with Crippen molar-refractivity contribution in [2.24, 2.45) is 7.05 Å². The molecule has 0 radical (unpaired) electrons. The van der Waals surface area contributed by atoms with Crippen LogP contribution < -0.4 is 5.32 Å². The summed E-state index contributed by atoms with van der Waals surface area (Å²) in [7, 11) is 1.96. The molecular weight excluding hydrogens is 224 g/mol. The van der Waals surface area contributed by atoms with Crippen LogP contribution in [-0.2, 0) is 13.5 Å². The highest BCUT2D eigenvalue weighted by Crippen LogP contribution is 2.20. The molecule has 0 aliphatic carbocycles. The first kappa shape index (κ1) is 12.8. The Morgan fingerprint density at radius 2 is 2.06 bits per heavy atom. The fourth-order valence-electron chi connectivity index (χ4n) is 2.25. The summed E-state index contributed by atoms with van der Waals surface area (Å²) >= 11 is 0. The predicted molar refractivity (Wildman–Crippen MR) is 72.3 cm³/mol. The average Bonchev–Trinajstić information content (AvgIpc) is 2.69. The summed E-state index contributed by atoms with van der Waals surface area (Å²) in [5.74, 6) is 0. The standard InChI is InChI=1S/C14H20N4/c1-4-16-14(9-12-5-7-15-8-6-12)13-10-18(3)17-11(13)2/h5-8,10,14,16H,4,9H2,1-3H3. The Morgan fingerprint density at radius 1 is 1.33 bits per heavy atom. The van der Waals surface area contributed by atoms with Crippen molar-refractivity contribution in [1.29, 1.82) is 0 Å². The van der Waals surface area contributed by atoms with E-state index in [1.165, 1.54) is 11.1 Å². The third-order valence-electron chi connectivity index (χ3n) is 3.07. The second-order valence-corrected chi connectivity index (χ2v) is 4.51. The van der Waals surface area contributed by atoms with Gasteiger partial charge in [0.05, 0.1) is 5.69 Å². The molecular formula is C14H20N4. The SMILES string of the molecule is CCNC(Cc1ccncc1)c1cn(C)nc1C. The van der Waals surface area contributed by atoms with Gasteiger partial charge in [-0.15, -0.1) is 0 Å². The van der Waals surface area contributed by atoms with Gasteiger partial charge in [-0.05, 0) is 37.6 Å². The van der Waals surface area contributed by atoms with Gasteiger partial charge in [0, 0.05) is 37.2 Å². The zero-order valence-electron chi connectivity index (χ0n) is 11.2. The molecule has 18 heavy (non-hydrogen) atoms. The molecule has 0 aliphatic rings. The summed E-state index contributed by atoms with van der Waals surface area (Å²) < 4.78 is 1.88. The number of likely N-dealkylation sites (N-methyl/N-ethyl adjacent to an activating group) is 1. The maximum absolute atomic E-state index is 4.42. The Kier molecular flexibility index (Phi) is 4.10. The molecule has 0 saturated carbocycles. The zero-order valence-corrected chi connectivity index (χ0v) is 11.2. The van der Waals surface area contributed by atoms with Crippen LogP contribution in [0, 0.1) is 6.92 Å². The fourth-order valence-corrected chi connectivity index (χ4v) is 2.25. The Morgan fingerprint density at radius 3 is 2.61 bits per heavy atom. The molecule has 0 fully saturated rings. The minimum Gasteiger partial charge on any atom is -0.310 e. The van der Waals surface area contributed by atoms with E-state index < -0.39 is 0 Å². The number of nitrogens with zero attached hydrogens (tertiary/aromatic N) is 3. The normalized spacial score (nSPS) is 12.6. The van der Waals surface area contributed by atoms with E-state index in [0.717, 1.165) is 18.7 Å². The second-order valence-electron chi connectivity index (χ2n) is 4.51. The molecule has 4 nitrogen and oxygen atoms in total. The monoisotopic (exact) mass is 244 g/mol. The molecule has 2 rings (SSSR count). The highest BCUT2D eigenvalue weighted by Gasteiger charge is 2.15. The first-order valence-electron chi connectivity index (χ1n) is 6.33. The van der Waals surface area contributed by atoms with E-state index in [1.807, 2.05) is 24.1 Å². The number of aryl methyl sites for hydroxylation is 2. The van der Waals surface area contributed by atoms with E-state index in [-0.39, 0.29) is 0 Å². The van der Waals surface area contributed by atoms with E-state index in [2.05, 4.69) is 47.6 Å². The first-order chi connectivity index (χ1) is 8.70. The van der Waals surface area contributed by atoms with E-state index >= 15 is 0 Å². The van der Waals surface area contributed by atoms with Gasteiger partial charge in [-0.25, -0.2) is 0 Å². The Hall–Kier alpha value is -1.68. The number of nitrogens with one attached hydrogen (secondary N) is 1. The third kappa shape index (κ3) is 2.96. The first-order valence-corrected chi connectivity index (χ1v) is 6.33. The minimum atomic E-state index is 0.311. The van der Waals surface area contributed by atoms with Crippen molar-refractivity contribution in [2.45, 2.75) is 26.3 Å². The van der Waals surface area contributed by atoms with Crippen molar-refractivity contribution in [1.82, 2.24) is 20.1 Å². The van der Waals surface area contributed by atoms with Gasteiger partial charge in [-0.3, -0.25) is 9.67 Å². The van der Waals surface area contributed by atoms with E-state index in [4.69, 9.17) is 0 Å². The molecule has 1 atom stereocenters. The Balaban J connectivity index is 2.21. The van der Waals surface area contributed by atoms with Crippen LogP contribution in [0.25, 0.3) is 0 Å². The van der Waals surface area contributed by atoms with E-state index in [0.29, 0.717) is 6.04 Å². The van der Waals surface area contributed by atoms with Crippen molar-refractivity contribution in [3.8, 4) is 0 Å². The van der Waals surface area contributed by atoms with Crippen molar-refractivity contribution in [3.63, 3.8) is 0 Å². The van der Waals surface area contributed by atoms with Gasteiger partial charge in [0.15, 0.2) is 0 Å². The Bertz CT molecular complexity index is 490. The van der Waals surface area contributed by atoms with Crippen LogP contribution in [0.2, 0.25) is 0 Å². The Labute approximate surface area is 108 Å². The van der Waals surface area contributed by atoms with E-state index in [1.54, 1.807) is 0 Å². The highest BCUT2D eigenvalue weighted by atomic mass is 15.3. The van der Waals surface area contributed by atoms with Crippen LogP contribution in [0.1, 0.15) is 29.8 Å². The zero-order chi connectivity index (χ0) is 13.0. The van der Waals surface area contributed by atoms with E-state index in [9.17, 15) is 0 Å². The quantitative estimate of drug-likeness (QED) is 0.875. The molecule has 2 aromatic heterocycles. The summed E-state index contributed by atoms with van der Waals surface area (Å²) in [5, 5.41) is 7.95. The molecule has 0 aromatic carbocycles. The highest BCUT2D eigenvalue weighted by molar-refractivity contribution is 5.23. The third-order valence-corrected chi connectivity index (χ3v) is 3.07. The molecule has 2 aromatic rings. The number of rotatable bonds is 5. The van der Waals surface area contributed by atoms with Gasteiger partial charge >= 0.3 is 0 Å². The van der Waals surface area contributed by atoms with Crippen molar-refractivity contribution < 1.29 is 0 Å². The van der Waals surface area contributed by atoms with Gasteiger partial charge < -0.3 is 5.32 Å². The summed E-state index contributed by atoms with van der Waals surface area (Å²) in [6, 6.07) is 4.44. The topological polar surface area (TPSA) is 42.7 Å². The number of hydrogen-bond acceptors (Lipinski definition) is 3. The van der Waals surface area contributed by atoms with Gasteiger partial charge in [0.1, 0.15) is 0 Å². The molecule has 96 valence electrons. The minimum absolute atomic E-state index is 0.311. The molecule has 4 heteroatoms. The largest absolute Gasteiger partial charge is 0.310 e. The lowest BCUT2D eigenvalue weighted by molar-refractivity contribution is 0.547. The second kappa shape index (κ2) is 5.78. The number of pyridine rings is 1. The lowest BCUT2D eigenvalue weighted by Gasteiger charge is -2.17. The molecule has 1 unspecified atom stereocenters. The van der Waals surface area contributed by atoms with Crippen molar-refractivity contribution in [2.75, 3.05) is 6.54 Å². The summed E-state index contributed by atoms with van der Waals surface area (Å²) in [4.78, 5) is 4.06. The lowest BCUT2D eigenvalue weighted by Crippen LogP contribution is -2.23. The molecule has 2 heterocycles. The van der Waals surface area contributed by atoms with Crippen LogP contribution in [-0.4, -0.2) is 21.3 Å². The number of hydrogen-bond donors (Lipinski definition) is 1. The predicted octanol–water partition coefficient (Wildman–Crippen LogP) is 2.02. The van der Waals surface area contributed by atoms with Crippen LogP contribution in [0.5, 0.6) is 0 Å². The smallest absolute Gasteiger partial charge is 0.0641 e. The van der Waals surface area contributed by atoms with Crippen molar-refractivity contribution in [3.05, 3.63) is 47.5 Å². The summed E-state index contributed by atoms with van der Waals surface area (Å²) in [6.45, 7) is 5.14. The fraction of sp³-hybridized carbons (Fsp3) is 0.429. The van der Waals surface area contributed by atoms with Crippen LogP contribution in [0.15, 0.2) is 30.7 Å². The van der Waals surface area contributed by atoms with Crippen LogP contribution in [0.4, 0.5) is 0 Å². The maximum atomic E-state index is 4.42. The van der Waals surface area contributed by atoms with Gasteiger partial charge in [0.25, 0.3) is 0 Å². The van der Waals surface area contributed by atoms with Gasteiger partial charge in [-0.2, -0.15) is 5.10 Å². The molecule has 1 N–H and O–H groups in total. The van der Waals surface area contributed by atoms with Gasteiger partial charge in [0.2, 0.25) is 0 Å². The van der Waals surface area contributed by atoms with Crippen LogP contribution in [0.3, 0.4) is 0 Å². The average molecular weight is 244 g/mol. The molecule has 0 amide bonds. The molecule has 0 spiro atoms. The summed E-state index contributed by atoms with van der Waals surface area (Å²) in [6.07, 6.45) is 6.75. The lowest BCUT2D eigenvalue weighted by atomic mass is 10.0. The molecule has 0 saturated heterocycles. The van der Waals surface area contributed by atoms with Gasteiger partial charge in [-0.1, -0.05) is 6.92 Å². The van der Waals surface area contributed by atoms with Crippen LogP contribution >= 0.6 is 0 Å². The molecule has 0 bridgehead atoms. The maximum Gasteiger partial charge on any atom is 0.0641 e.